The highest BCUT2D eigenvalue weighted by atomic mass is 19.4. The van der Waals surface area contributed by atoms with E-state index >= 15 is 0 Å². The van der Waals surface area contributed by atoms with Gasteiger partial charge in [0, 0.05) is 18.5 Å². The second-order valence-electron chi connectivity index (χ2n) is 7.24. The van der Waals surface area contributed by atoms with Crippen molar-refractivity contribution in [2.75, 3.05) is 13.1 Å². The molecule has 3 nitrogen and oxygen atoms in total. The van der Waals surface area contributed by atoms with Crippen molar-refractivity contribution in [1.82, 2.24) is 10.2 Å². The number of hydrogen-bond acceptors (Lipinski definition) is 2. The first-order valence-corrected chi connectivity index (χ1v) is 9.11. The van der Waals surface area contributed by atoms with E-state index in [0.29, 0.717) is 12.6 Å². The molecule has 0 spiro atoms. The summed E-state index contributed by atoms with van der Waals surface area (Å²) in [6.45, 7) is 2.25. The molecule has 1 aromatic rings. The van der Waals surface area contributed by atoms with Gasteiger partial charge in [0.25, 0.3) is 0 Å². The van der Waals surface area contributed by atoms with Gasteiger partial charge in [-0.25, -0.2) is 0 Å². The molecule has 0 bridgehead atoms. The van der Waals surface area contributed by atoms with Gasteiger partial charge in [0.1, 0.15) is 0 Å². The van der Waals surface area contributed by atoms with Crippen molar-refractivity contribution >= 4 is 5.91 Å². The van der Waals surface area contributed by atoms with Crippen LogP contribution in [0.2, 0.25) is 0 Å². The zero-order chi connectivity index (χ0) is 17.9. The van der Waals surface area contributed by atoms with E-state index in [4.69, 9.17) is 0 Å². The standard InChI is InChI=1S/C19H25F3N2O/c20-19(21,22)16-7-5-14(6-8-16)13-24-11-9-15(10-12-24)18(25)23-17-3-1-2-4-17/h5-8,15,17H,1-4,9-13H2,(H,23,25). The molecule has 0 aromatic heterocycles. The van der Waals surface area contributed by atoms with Crippen molar-refractivity contribution in [2.45, 2.75) is 57.3 Å². The van der Waals surface area contributed by atoms with E-state index in [-0.39, 0.29) is 11.8 Å². The second-order valence-corrected chi connectivity index (χ2v) is 7.24. The van der Waals surface area contributed by atoms with Crippen LogP contribution in [0.5, 0.6) is 0 Å². The van der Waals surface area contributed by atoms with Gasteiger partial charge in [-0.1, -0.05) is 25.0 Å². The van der Waals surface area contributed by atoms with Crippen LogP contribution in [0.4, 0.5) is 13.2 Å². The first kappa shape index (κ1) is 18.2. The Morgan fingerprint density at radius 1 is 1.04 bits per heavy atom. The van der Waals surface area contributed by atoms with Gasteiger partial charge in [-0.05, 0) is 56.5 Å². The molecule has 1 heterocycles. The van der Waals surface area contributed by atoms with Gasteiger partial charge in [0.15, 0.2) is 0 Å². The van der Waals surface area contributed by atoms with Gasteiger partial charge in [0.05, 0.1) is 5.56 Å². The number of nitrogens with one attached hydrogen (secondary N) is 1. The molecular formula is C19H25F3N2O. The maximum absolute atomic E-state index is 12.6. The minimum Gasteiger partial charge on any atom is -0.353 e. The largest absolute Gasteiger partial charge is 0.416 e. The minimum absolute atomic E-state index is 0.0736. The summed E-state index contributed by atoms with van der Waals surface area (Å²) >= 11 is 0. The van der Waals surface area contributed by atoms with Gasteiger partial charge in [-0.15, -0.1) is 0 Å². The molecule has 1 saturated carbocycles. The van der Waals surface area contributed by atoms with Crippen LogP contribution in [-0.2, 0) is 17.5 Å². The Morgan fingerprint density at radius 2 is 1.64 bits per heavy atom. The monoisotopic (exact) mass is 354 g/mol. The average Bonchev–Trinajstić information content (AvgIpc) is 3.08. The molecule has 1 aromatic carbocycles. The predicted octanol–water partition coefficient (Wildman–Crippen LogP) is 3.98. The molecule has 1 aliphatic heterocycles. The predicted molar refractivity (Wildman–Crippen MR) is 89.8 cm³/mol. The van der Waals surface area contributed by atoms with Crippen LogP contribution >= 0.6 is 0 Å². The molecular weight excluding hydrogens is 329 g/mol. The van der Waals surface area contributed by atoms with Gasteiger partial charge in [0.2, 0.25) is 5.91 Å². The molecule has 0 unspecified atom stereocenters. The fraction of sp³-hybridized carbons (Fsp3) is 0.632. The van der Waals surface area contributed by atoms with E-state index in [1.165, 1.54) is 12.8 Å². The van der Waals surface area contributed by atoms with Crippen LogP contribution in [0, 0.1) is 5.92 Å². The number of likely N-dealkylation sites (tertiary alicyclic amines) is 1. The zero-order valence-electron chi connectivity index (χ0n) is 14.3. The summed E-state index contributed by atoms with van der Waals surface area (Å²) in [6.07, 6.45) is 1.95. The van der Waals surface area contributed by atoms with Crippen molar-refractivity contribution in [2.24, 2.45) is 5.92 Å². The van der Waals surface area contributed by atoms with E-state index in [1.807, 2.05) is 0 Å². The van der Waals surface area contributed by atoms with E-state index in [0.717, 1.165) is 56.5 Å². The molecule has 25 heavy (non-hydrogen) atoms. The molecule has 2 aliphatic rings. The Balaban J connectivity index is 1.45. The third-order valence-corrected chi connectivity index (χ3v) is 5.35. The Labute approximate surface area is 146 Å². The molecule has 138 valence electrons. The molecule has 1 saturated heterocycles. The van der Waals surface area contributed by atoms with Crippen molar-refractivity contribution in [3.63, 3.8) is 0 Å². The third-order valence-electron chi connectivity index (χ3n) is 5.35. The molecule has 3 rings (SSSR count). The molecule has 0 atom stereocenters. The van der Waals surface area contributed by atoms with Gasteiger partial charge in [-0.2, -0.15) is 13.2 Å². The number of hydrogen-bond donors (Lipinski definition) is 1. The summed E-state index contributed by atoms with van der Waals surface area (Å²) in [5, 5.41) is 3.17. The van der Waals surface area contributed by atoms with Crippen LogP contribution < -0.4 is 5.32 Å². The molecule has 1 N–H and O–H groups in total. The van der Waals surface area contributed by atoms with Gasteiger partial charge >= 0.3 is 6.18 Å². The van der Waals surface area contributed by atoms with E-state index < -0.39 is 11.7 Å². The minimum atomic E-state index is -4.29. The Morgan fingerprint density at radius 3 is 2.20 bits per heavy atom. The van der Waals surface area contributed by atoms with Crippen molar-refractivity contribution < 1.29 is 18.0 Å². The normalized spacial score (nSPS) is 20.8. The molecule has 2 fully saturated rings. The molecule has 1 amide bonds. The Kier molecular flexibility index (Phi) is 5.67. The fourth-order valence-corrected chi connectivity index (χ4v) is 3.80. The lowest BCUT2D eigenvalue weighted by atomic mass is 9.95. The first-order valence-electron chi connectivity index (χ1n) is 9.11. The number of carbonyl (C=O) groups excluding carboxylic acids is 1. The topological polar surface area (TPSA) is 32.3 Å². The summed E-state index contributed by atoms with van der Waals surface area (Å²) in [7, 11) is 0. The number of amides is 1. The third kappa shape index (κ3) is 4.97. The maximum atomic E-state index is 12.6. The maximum Gasteiger partial charge on any atom is 0.416 e. The molecule has 1 aliphatic carbocycles. The van der Waals surface area contributed by atoms with E-state index in [2.05, 4.69) is 10.2 Å². The first-order chi connectivity index (χ1) is 11.9. The highest BCUT2D eigenvalue weighted by Gasteiger charge is 2.30. The summed E-state index contributed by atoms with van der Waals surface area (Å²) < 4.78 is 37.8. The highest BCUT2D eigenvalue weighted by Crippen LogP contribution is 2.29. The fourth-order valence-electron chi connectivity index (χ4n) is 3.80. The average molecular weight is 354 g/mol. The number of halogens is 3. The number of carbonyl (C=O) groups is 1. The Hall–Kier alpha value is -1.56. The van der Waals surface area contributed by atoms with E-state index in [1.54, 1.807) is 12.1 Å². The van der Waals surface area contributed by atoms with Crippen LogP contribution in [0.1, 0.15) is 49.7 Å². The number of piperidine rings is 1. The quantitative estimate of drug-likeness (QED) is 0.887. The number of nitrogens with zero attached hydrogens (tertiary/aromatic N) is 1. The van der Waals surface area contributed by atoms with E-state index in [9.17, 15) is 18.0 Å². The highest BCUT2D eigenvalue weighted by molar-refractivity contribution is 5.79. The second kappa shape index (κ2) is 7.77. The van der Waals surface area contributed by atoms with Crippen LogP contribution in [0.15, 0.2) is 24.3 Å². The summed E-state index contributed by atoms with van der Waals surface area (Å²) in [5.41, 5.74) is 0.264. The number of benzene rings is 1. The van der Waals surface area contributed by atoms with Crippen molar-refractivity contribution in [3.05, 3.63) is 35.4 Å². The smallest absolute Gasteiger partial charge is 0.353 e. The lowest BCUT2D eigenvalue weighted by Crippen LogP contribution is -2.42. The number of rotatable bonds is 4. The zero-order valence-corrected chi connectivity index (χ0v) is 14.3. The number of alkyl halides is 3. The summed E-state index contributed by atoms with van der Waals surface area (Å²) in [4.78, 5) is 14.5. The summed E-state index contributed by atoms with van der Waals surface area (Å²) in [5.74, 6) is 0.255. The van der Waals surface area contributed by atoms with Crippen molar-refractivity contribution in [3.8, 4) is 0 Å². The van der Waals surface area contributed by atoms with Gasteiger partial charge in [-0.3, -0.25) is 9.69 Å². The van der Waals surface area contributed by atoms with Crippen LogP contribution in [-0.4, -0.2) is 29.9 Å². The lowest BCUT2D eigenvalue weighted by Gasteiger charge is -2.32. The van der Waals surface area contributed by atoms with Crippen LogP contribution in [0.3, 0.4) is 0 Å². The molecule has 6 heteroatoms. The molecule has 0 radical (unpaired) electrons. The van der Waals surface area contributed by atoms with Gasteiger partial charge < -0.3 is 5.32 Å². The van der Waals surface area contributed by atoms with Crippen molar-refractivity contribution in [1.29, 1.82) is 0 Å². The Bertz CT molecular complexity index is 571. The summed E-state index contributed by atoms with van der Waals surface area (Å²) in [6, 6.07) is 5.72. The van der Waals surface area contributed by atoms with Crippen LogP contribution in [0.25, 0.3) is 0 Å². The lowest BCUT2D eigenvalue weighted by molar-refractivity contribution is -0.137. The SMILES string of the molecule is O=C(NC1CCCC1)C1CCN(Cc2ccc(C(F)(F)F)cc2)CC1.